The zero-order valence-corrected chi connectivity index (χ0v) is 18.7. The normalized spacial score (nSPS) is 14.9. The van der Waals surface area contributed by atoms with E-state index in [0.29, 0.717) is 37.4 Å². The van der Waals surface area contributed by atoms with Crippen LogP contribution in [-0.2, 0) is 25.1 Å². The van der Waals surface area contributed by atoms with Crippen molar-refractivity contribution in [2.24, 2.45) is 0 Å². The second-order valence-electron chi connectivity index (χ2n) is 7.74. The van der Waals surface area contributed by atoms with Gasteiger partial charge >= 0.3 is 0 Å². The molecule has 0 spiro atoms. The lowest BCUT2D eigenvalue weighted by molar-refractivity contribution is -0.128. The van der Waals surface area contributed by atoms with E-state index in [1.165, 1.54) is 0 Å². The Morgan fingerprint density at radius 3 is 2.47 bits per heavy atom. The zero-order valence-electron chi connectivity index (χ0n) is 17.9. The van der Waals surface area contributed by atoms with Gasteiger partial charge in [0.2, 0.25) is 5.91 Å². The molecule has 1 aromatic rings. The first kappa shape index (κ1) is 24.3. The van der Waals surface area contributed by atoms with E-state index < -0.39 is 15.6 Å². The second kappa shape index (κ2) is 12.7. The monoisotopic (exact) mass is 435 g/mol. The third-order valence-corrected chi connectivity index (χ3v) is 6.70. The number of morpholine rings is 1. The Hall–Kier alpha value is -1.95. The lowest BCUT2D eigenvalue weighted by Crippen LogP contribution is -2.44. The summed E-state index contributed by atoms with van der Waals surface area (Å²) in [6.07, 6.45) is 4.15. The van der Waals surface area contributed by atoms with Crippen LogP contribution in [0.25, 0.3) is 0 Å². The molecule has 166 valence electrons. The molecule has 0 bridgehead atoms. The van der Waals surface area contributed by atoms with Crippen molar-refractivity contribution in [1.82, 2.24) is 9.80 Å². The van der Waals surface area contributed by atoms with Crippen LogP contribution in [0.5, 0.6) is 0 Å². The summed E-state index contributed by atoms with van der Waals surface area (Å²) in [4.78, 5) is 16.8. The maximum Gasteiger partial charge on any atom is 0.237 e. The Morgan fingerprint density at radius 1 is 1.13 bits per heavy atom. The van der Waals surface area contributed by atoms with Crippen molar-refractivity contribution in [3.63, 3.8) is 0 Å². The molecule has 1 aromatic carbocycles. The number of carbonyl (C=O) groups is 1. The van der Waals surface area contributed by atoms with Crippen molar-refractivity contribution in [2.75, 3.05) is 51.7 Å². The van der Waals surface area contributed by atoms with Crippen LogP contribution in [0.2, 0.25) is 0 Å². The average molecular weight is 436 g/mol. The third-order valence-electron chi connectivity index (χ3n) is 5.24. The van der Waals surface area contributed by atoms with Crippen molar-refractivity contribution in [2.45, 2.75) is 38.4 Å². The van der Waals surface area contributed by atoms with Gasteiger partial charge in [-0.05, 0) is 24.1 Å². The highest BCUT2D eigenvalue weighted by molar-refractivity contribution is 7.91. The molecule has 30 heavy (non-hydrogen) atoms. The van der Waals surface area contributed by atoms with E-state index in [0.717, 1.165) is 45.3 Å². The molecule has 0 radical (unpaired) electrons. The van der Waals surface area contributed by atoms with E-state index >= 15 is 0 Å². The molecule has 0 aliphatic carbocycles. The molecular formula is C22H33N3O4S. The smallest absolute Gasteiger partial charge is 0.237 e. The van der Waals surface area contributed by atoms with Crippen LogP contribution in [0.15, 0.2) is 24.3 Å². The molecule has 0 unspecified atom stereocenters. The molecule has 1 saturated heterocycles. The highest BCUT2D eigenvalue weighted by Gasteiger charge is 2.23. The van der Waals surface area contributed by atoms with Crippen molar-refractivity contribution in [3.8, 4) is 6.07 Å². The first-order valence-corrected chi connectivity index (χ1v) is 12.5. The van der Waals surface area contributed by atoms with Crippen LogP contribution in [0.1, 0.15) is 43.7 Å². The number of amides is 1. The van der Waals surface area contributed by atoms with Crippen molar-refractivity contribution < 1.29 is 17.9 Å². The lowest BCUT2D eigenvalue weighted by Gasteiger charge is -2.30. The number of carbonyl (C=O) groups excluding carboxylic acids is 1. The van der Waals surface area contributed by atoms with Crippen LogP contribution < -0.4 is 0 Å². The second-order valence-corrected chi connectivity index (χ2v) is 9.80. The number of nitriles is 1. The third kappa shape index (κ3) is 8.82. The standard InChI is InChI=1S/C22H33N3O4S/c1-2-3-4-5-10-25(12-11-24-13-15-29-16-14-24)22(26)19-30(27,28)18-21-8-6-20(17-23)7-9-21/h6-9H,2-5,10-16,18-19H2,1H3. The zero-order chi connectivity index (χ0) is 21.8. The molecule has 0 saturated carbocycles. The number of ether oxygens (including phenoxy) is 1. The topological polar surface area (TPSA) is 90.7 Å². The summed E-state index contributed by atoms with van der Waals surface area (Å²) < 4.78 is 30.6. The average Bonchev–Trinajstić information content (AvgIpc) is 2.73. The molecule has 1 amide bonds. The van der Waals surface area contributed by atoms with Gasteiger partial charge in [0.05, 0.1) is 30.6 Å². The molecule has 1 heterocycles. The molecule has 0 aromatic heterocycles. The SMILES string of the molecule is CCCCCCN(CCN1CCOCC1)C(=O)CS(=O)(=O)Cc1ccc(C#N)cc1. The molecule has 0 atom stereocenters. The van der Waals surface area contributed by atoms with E-state index in [2.05, 4.69) is 11.8 Å². The van der Waals surface area contributed by atoms with Gasteiger partial charge in [-0.3, -0.25) is 9.69 Å². The van der Waals surface area contributed by atoms with Gasteiger partial charge in [0.25, 0.3) is 0 Å². The van der Waals surface area contributed by atoms with E-state index in [1.807, 2.05) is 6.07 Å². The van der Waals surface area contributed by atoms with Crippen LogP contribution in [-0.4, -0.2) is 75.8 Å². The summed E-state index contributed by atoms with van der Waals surface area (Å²) in [7, 11) is -3.58. The molecular weight excluding hydrogens is 402 g/mol. The summed E-state index contributed by atoms with van der Waals surface area (Å²) in [5, 5.41) is 8.86. The number of benzene rings is 1. The number of hydrogen-bond donors (Lipinski definition) is 0. The Morgan fingerprint density at radius 2 is 1.83 bits per heavy atom. The minimum atomic E-state index is -3.58. The van der Waals surface area contributed by atoms with E-state index in [1.54, 1.807) is 29.2 Å². The molecule has 8 heteroatoms. The van der Waals surface area contributed by atoms with Crippen LogP contribution in [0.3, 0.4) is 0 Å². The van der Waals surface area contributed by atoms with Crippen LogP contribution in [0.4, 0.5) is 0 Å². The Bertz CT molecular complexity index is 797. The van der Waals surface area contributed by atoms with Gasteiger partial charge in [-0.15, -0.1) is 0 Å². The van der Waals surface area contributed by atoms with Gasteiger partial charge in [0.15, 0.2) is 9.84 Å². The highest BCUT2D eigenvalue weighted by atomic mass is 32.2. The van der Waals surface area contributed by atoms with Crippen molar-refractivity contribution in [1.29, 1.82) is 5.26 Å². The Labute approximate surface area is 180 Å². The fourth-order valence-electron chi connectivity index (χ4n) is 3.44. The minimum Gasteiger partial charge on any atom is -0.379 e. The molecule has 2 rings (SSSR count). The van der Waals surface area contributed by atoms with E-state index in [4.69, 9.17) is 10.00 Å². The van der Waals surface area contributed by atoms with Crippen LogP contribution >= 0.6 is 0 Å². The predicted molar refractivity (Wildman–Crippen MR) is 117 cm³/mol. The van der Waals surface area contributed by atoms with E-state index in [-0.39, 0.29) is 11.7 Å². The molecule has 7 nitrogen and oxygen atoms in total. The summed E-state index contributed by atoms with van der Waals surface area (Å²) in [5.41, 5.74) is 1.07. The number of unbranched alkanes of at least 4 members (excludes halogenated alkanes) is 3. The van der Waals surface area contributed by atoms with Gasteiger partial charge in [0, 0.05) is 32.7 Å². The van der Waals surface area contributed by atoms with Crippen molar-refractivity contribution >= 4 is 15.7 Å². The maximum atomic E-state index is 12.8. The van der Waals surface area contributed by atoms with Crippen LogP contribution in [0, 0.1) is 11.3 Å². The number of hydrogen-bond acceptors (Lipinski definition) is 6. The van der Waals surface area contributed by atoms with Gasteiger partial charge in [0.1, 0.15) is 5.75 Å². The summed E-state index contributed by atoms with van der Waals surface area (Å²) >= 11 is 0. The largest absolute Gasteiger partial charge is 0.379 e. The maximum absolute atomic E-state index is 12.8. The molecule has 0 N–H and O–H groups in total. The molecule has 1 aliphatic heterocycles. The fourth-order valence-corrected chi connectivity index (χ4v) is 4.80. The Balaban J connectivity index is 1.94. The molecule has 1 aliphatic rings. The number of sulfone groups is 1. The number of nitrogens with zero attached hydrogens (tertiary/aromatic N) is 3. The van der Waals surface area contributed by atoms with Gasteiger partial charge in [-0.2, -0.15) is 5.26 Å². The van der Waals surface area contributed by atoms with Gasteiger partial charge in [-0.1, -0.05) is 38.3 Å². The number of rotatable bonds is 12. The van der Waals surface area contributed by atoms with E-state index in [9.17, 15) is 13.2 Å². The fraction of sp³-hybridized carbons (Fsp3) is 0.636. The Kier molecular flexibility index (Phi) is 10.3. The quantitative estimate of drug-likeness (QED) is 0.468. The summed E-state index contributed by atoms with van der Waals surface area (Å²) in [6, 6.07) is 8.45. The summed E-state index contributed by atoms with van der Waals surface area (Å²) in [5.74, 6) is -1.00. The first-order valence-electron chi connectivity index (χ1n) is 10.7. The summed E-state index contributed by atoms with van der Waals surface area (Å²) in [6.45, 7) is 7.08. The first-order chi connectivity index (χ1) is 14.4. The van der Waals surface area contributed by atoms with Gasteiger partial charge < -0.3 is 9.64 Å². The predicted octanol–water partition coefficient (Wildman–Crippen LogP) is 2.21. The van der Waals surface area contributed by atoms with Gasteiger partial charge in [-0.25, -0.2) is 8.42 Å². The minimum absolute atomic E-state index is 0.197. The van der Waals surface area contributed by atoms with Crippen molar-refractivity contribution in [3.05, 3.63) is 35.4 Å². The lowest BCUT2D eigenvalue weighted by atomic mass is 10.2. The highest BCUT2D eigenvalue weighted by Crippen LogP contribution is 2.11. The molecule has 1 fully saturated rings.